The van der Waals surface area contributed by atoms with Gasteiger partial charge in [-0.15, -0.1) is 5.10 Å². The van der Waals surface area contributed by atoms with E-state index >= 15 is 0 Å². The third kappa shape index (κ3) is 2.77. The summed E-state index contributed by atoms with van der Waals surface area (Å²) in [6.45, 7) is 1.81. The molecule has 0 aliphatic heterocycles. The highest BCUT2D eigenvalue weighted by atomic mass is 127. The van der Waals surface area contributed by atoms with E-state index in [9.17, 15) is 4.79 Å². The highest BCUT2D eigenvalue weighted by Crippen LogP contribution is 2.10. The predicted octanol–water partition coefficient (Wildman–Crippen LogP) is 1.34. The standard InChI is InChI=1S/C12H10IN7O/c1-7-10(6-14-12-15-18-19-16-12)11(21)20(17-7)9-4-2-8(13)3-5-9/h2-6,17H,1H3,(H,15,16,18,19)/b14-6+. The van der Waals surface area contributed by atoms with Crippen molar-refractivity contribution in [3.63, 3.8) is 0 Å². The number of H-pyrrole nitrogens is 2. The summed E-state index contributed by atoms with van der Waals surface area (Å²) in [6.07, 6.45) is 1.43. The number of benzene rings is 1. The maximum absolute atomic E-state index is 12.4. The van der Waals surface area contributed by atoms with E-state index in [0.717, 1.165) is 9.26 Å². The lowest BCUT2D eigenvalue weighted by atomic mass is 10.3. The van der Waals surface area contributed by atoms with Crippen LogP contribution in [0.2, 0.25) is 0 Å². The van der Waals surface area contributed by atoms with E-state index in [4.69, 9.17) is 0 Å². The topological polar surface area (TPSA) is 105 Å². The van der Waals surface area contributed by atoms with Crippen molar-refractivity contribution in [1.29, 1.82) is 0 Å². The molecular formula is C12H10IN7O. The fourth-order valence-corrected chi connectivity index (χ4v) is 2.18. The summed E-state index contributed by atoms with van der Waals surface area (Å²) < 4.78 is 2.58. The number of aryl methyl sites for hydroxylation is 1. The molecule has 9 heteroatoms. The van der Waals surface area contributed by atoms with E-state index < -0.39 is 0 Å². The first-order valence-corrected chi connectivity index (χ1v) is 7.08. The maximum Gasteiger partial charge on any atom is 0.288 e. The van der Waals surface area contributed by atoms with E-state index in [0.29, 0.717) is 11.3 Å². The molecule has 0 amide bonds. The van der Waals surface area contributed by atoms with Crippen molar-refractivity contribution in [2.24, 2.45) is 4.99 Å². The maximum atomic E-state index is 12.4. The Balaban J connectivity index is 2.00. The van der Waals surface area contributed by atoms with Crippen molar-refractivity contribution in [2.45, 2.75) is 6.92 Å². The minimum Gasteiger partial charge on any atom is -0.295 e. The van der Waals surface area contributed by atoms with E-state index in [1.165, 1.54) is 10.9 Å². The number of aromatic amines is 2. The molecule has 3 aromatic rings. The number of rotatable bonds is 3. The average molecular weight is 395 g/mol. The summed E-state index contributed by atoms with van der Waals surface area (Å²) >= 11 is 2.21. The third-order valence-corrected chi connectivity index (χ3v) is 3.56. The fraction of sp³-hybridized carbons (Fsp3) is 0.0833. The third-order valence-electron chi connectivity index (χ3n) is 2.85. The molecule has 0 fully saturated rings. The Hall–Kier alpha value is -2.30. The first-order valence-electron chi connectivity index (χ1n) is 6.00. The SMILES string of the molecule is Cc1[nH]n(-c2ccc(I)cc2)c(=O)c1/C=N/c1nn[nH]n1. The van der Waals surface area contributed by atoms with Gasteiger partial charge in [0.1, 0.15) is 0 Å². The summed E-state index contributed by atoms with van der Waals surface area (Å²) in [5, 5.41) is 16.1. The van der Waals surface area contributed by atoms with Crippen molar-refractivity contribution in [1.82, 2.24) is 30.4 Å². The van der Waals surface area contributed by atoms with Crippen LogP contribution in [0.5, 0.6) is 0 Å². The van der Waals surface area contributed by atoms with Crippen molar-refractivity contribution in [3.05, 3.63) is 49.4 Å². The van der Waals surface area contributed by atoms with Crippen LogP contribution in [0, 0.1) is 10.5 Å². The Morgan fingerprint density at radius 2 is 2.10 bits per heavy atom. The Labute approximate surface area is 132 Å². The monoisotopic (exact) mass is 395 g/mol. The van der Waals surface area contributed by atoms with Gasteiger partial charge in [0.15, 0.2) is 0 Å². The zero-order valence-electron chi connectivity index (χ0n) is 10.9. The number of tetrazole rings is 1. The molecule has 0 aliphatic rings. The minimum atomic E-state index is -0.180. The van der Waals surface area contributed by atoms with Crippen molar-refractivity contribution in [2.75, 3.05) is 0 Å². The summed E-state index contributed by atoms with van der Waals surface area (Å²) in [5.74, 6) is 0.177. The van der Waals surface area contributed by atoms with Crippen LogP contribution in [0.15, 0.2) is 34.1 Å². The van der Waals surface area contributed by atoms with Gasteiger partial charge < -0.3 is 0 Å². The van der Waals surface area contributed by atoms with Gasteiger partial charge in [0, 0.05) is 15.5 Å². The van der Waals surface area contributed by atoms with Gasteiger partial charge in [0.05, 0.1) is 11.3 Å². The molecule has 106 valence electrons. The van der Waals surface area contributed by atoms with Crippen LogP contribution in [-0.4, -0.2) is 36.6 Å². The normalized spacial score (nSPS) is 11.3. The molecule has 0 radical (unpaired) electrons. The van der Waals surface area contributed by atoms with Crippen LogP contribution in [-0.2, 0) is 0 Å². The van der Waals surface area contributed by atoms with Gasteiger partial charge in [-0.05, 0) is 59.0 Å². The number of hydrogen-bond donors (Lipinski definition) is 2. The first kappa shape index (κ1) is 13.7. The van der Waals surface area contributed by atoms with Gasteiger partial charge in [-0.1, -0.05) is 5.10 Å². The van der Waals surface area contributed by atoms with E-state index in [2.05, 4.69) is 53.3 Å². The smallest absolute Gasteiger partial charge is 0.288 e. The molecule has 0 spiro atoms. The number of aromatic nitrogens is 6. The number of aliphatic imine (C=N–C) groups is 1. The molecule has 21 heavy (non-hydrogen) atoms. The Morgan fingerprint density at radius 1 is 1.33 bits per heavy atom. The molecule has 2 aromatic heterocycles. The second kappa shape index (κ2) is 5.60. The number of halogens is 1. The van der Waals surface area contributed by atoms with Crippen LogP contribution in [0.4, 0.5) is 5.95 Å². The molecule has 0 saturated carbocycles. The number of hydrogen-bond acceptors (Lipinski definition) is 5. The van der Waals surface area contributed by atoms with E-state index in [-0.39, 0.29) is 11.5 Å². The molecule has 1 aromatic carbocycles. The molecule has 0 atom stereocenters. The Morgan fingerprint density at radius 3 is 2.76 bits per heavy atom. The van der Waals surface area contributed by atoms with Crippen molar-refractivity contribution in [3.8, 4) is 5.69 Å². The van der Waals surface area contributed by atoms with Gasteiger partial charge in [-0.25, -0.2) is 9.67 Å². The van der Waals surface area contributed by atoms with Crippen molar-refractivity contribution >= 4 is 34.8 Å². The summed E-state index contributed by atoms with van der Waals surface area (Å²) in [7, 11) is 0. The fourth-order valence-electron chi connectivity index (χ4n) is 1.82. The number of nitrogens with one attached hydrogen (secondary N) is 2. The lowest BCUT2D eigenvalue weighted by Crippen LogP contribution is -2.17. The van der Waals surface area contributed by atoms with Crippen LogP contribution in [0.25, 0.3) is 5.69 Å². The zero-order valence-corrected chi connectivity index (χ0v) is 13.1. The molecule has 0 bridgehead atoms. The van der Waals surface area contributed by atoms with Crippen LogP contribution >= 0.6 is 22.6 Å². The van der Waals surface area contributed by atoms with Crippen LogP contribution in [0.3, 0.4) is 0 Å². The minimum absolute atomic E-state index is 0.177. The molecule has 0 aliphatic carbocycles. The molecule has 2 heterocycles. The van der Waals surface area contributed by atoms with Crippen LogP contribution in [0.1, 0.15) is 11.3 Å². The van der Waals surface area contributed by atoms with Gasteiger partial charge >= 0.3 is 0 Å². The lowest BCUT2D eigenvalue weighted by Gasteiger charge is -2.00. The largest absolute Gasteiger partial charge is 0.295 e. The van der Waals surface area contributed by atoms with Gasteiger partial charge in [-0.2, -0.15) is 5.21 Å². The predicted molar refractivity (Wildman–Crippen MR) is 85.3 cm³/mol. The van der Waals surface area contributed by atoms with Crippen LogP contribution < -0.4 is 5.56 Å². The van der Waals surface area contributed by atoms with Gasteiger partial charge in [0.25, 0.3) is 11.5 Å². The lowest BCUT2D eigenvalue weighted by molar-refractivity contribution is 0.835. The highest BCUT2D eigenvalue weighted by molar-refractivity contribution is 14.1. The molecule has 2 N–H and O–H groups in total. The highest BCUT2D eigenvalue weighted by Gasteiger charge is 2.10. The van der Waals surface area contributed by atoms with E-state index in [1.54, 1.807) is 0 Å². The zero-order chi connectivity index (χ0) is 14.8. The quantitative estimate of drug-likeness (QED) is 0.516. The second-order valence-electron chi connectivity index (χ2n) is 4.24. The van der Waals surface area contributed by atoms with E-state index in [1.807, 2.05) is 31.2 Å². The average Bonchev–Trinajstić information content (AvgIpc) is 3.07. The molecular weight excluding hydrogens is 385 g/mol. The first-order chi connectivity index (χ1) is 10.1. The second-order valence-corrected chi connectivity index (χ2v) is 5.48. The molecule has 0 saturated heterocycles. The van der Waals surface area contributed by atoms with Crippen molar-refractivity contribution < 1.29 is 0 Å². The molecule has 0 unspecified atom stereocenters. The Kier molecular flexibility index (Phi) is 3.64. The molecule has 3 rings (SSSR count). The summed E-state index contributed by atoms with van der Waals surface area (Å²) in [6, 6.07) is 7.62. The summed E-state index contributed by atoms with van der Waals surface area (Å²) in [5.41, 5.74) is 1.76. The van der Waals surface area contributed by atoms with Gasteiger partial charge in [0.2, 0.25) is 0 Å². The molecule has 8 nitrogen and oxygen atoms in total. The number of nitrogens with zero attached hydrogens (tertiary/aromatic N) is 5. The summed E-state index contributed by atoms with van der Waals surface area (Å²) in [4.78, 5) is 16.4. The van der Waals surface area contributed by atoms with Gasteiger partial charge in [-0.3, -0.25) is 9.89 Å². The Bertz CT molecular complexity index is 830.